The number of carbonyl (C=O) groups excluding carboxylic acids is 1. The topological polar surface area (TPSA) is 68.3 Å². The van der Waals surface area contributed by atoms with Gasteiger partial charge in [-0.25, -0.2) is 14.5 Å². The number of hydrogen-bond acceptors (Lipinski definition) is 4. The van der Waals surface area contributed by atoms with E-state index in [0.29, 0.717) is 17.9 Å². The molecular formula is C26H24N6O. The lowest BCUT2D eigenvalue weighted by Gasteiger charge is -2.15. The maximum absolute atomic E-state index is 13.1. The van der Waals surface area contributed by atoms with Gasteiger partial charge in [0.2, 0.25) is 0 Å². The summed E-state index contributed by atoms with van der Waals surface area (Å²) >= 11 is 0. The van der Waals surface area contributed by atoms with E-state index in [9.17, 15) is 4.79 Å². The van der Waals surface area contributed by atoms with Gasteiger partial charge in [0.25, 0.3) is 5.91 Å². The average Bonchev–Trinajstić information content (AvgIpc) is 3.54. The summed E-state index contributed by atoms with van der Waals surface area (Å²) in [5, 5.41) is 4.65. The summed E-state index contributed by atoms with van der Waals surface area (Å²) in [4.78, 5) is 23.7. The number of rotatable bonds is 7. The molecule has 7 nitrogen and oxygen atoms in total. The average molecular weight is 437 g/mol. The predicted molar refractivity (Wildman–Crippen MR) is 128 cm³/mol. The molecule has 0 aliphatic carbocycles. The lowest BCUT2D eigenvalue weighted by atomic mass is 10.1. The van der Waals surface area contributed by atoms with Crippen LogP contribution >= 0.6 is 0 Å². The molecule has 0 atom stereocenters. The molecule has 0 aliphatic rings. The fourth-order valence-electron chi connectivity index (χ4n) is 3.86. The molecule has 2 aromatic carbocycles. The molecule has 3 heterocycles. The van der Waals surface area contributed by atoms with Gasteiger partial charge >= 0.3 is 0 Å². The van der Waals surface area contributed by atoms with Crippen LogP contribution in [0.15, 0.2) is 91.5 Å². The zero-order chi connectivity index (χ0) is 22.6. The van der Waals surface area contributed by atoms with Crippen LogP contribution in [0.3, 0.4) is 0 Å². The Morgan fingerprint density at radius 1 is 0.970 bits per heavy atom. The zero-order valence-electron chi connectivity index (χ0n) is 18.4. The van der Waals surface area contributed by atoms with Gasteiger partial charge in [0.1, 0.15) is 0 Å². The highest BCUT2D eigenvalue weighted by molar-refractivity contribution is 5.93. The number of amides is 1. The fraction of sp³-hybridized carbons (Fsp3) is 0.154. The van der Waals surface area contributed by atoms with Crippen LogP contribution in [0.4, 0.5) is 0 Å². The van der Waals surface area contributed by atoms with E-state index in [1.54, 1.807) is 35.1 Å². The van der Waals surface area contributed by atoms with Gasteiger partial charge in [-0.3, -0.25) is 4.79 Å². The van der Waals surface area contributed by atoms with Crippen molar-refractivity contribution >= 4 is 11.6 Å². The van der Waals surface area contributed by atoms with E-state index in [-0.39, 0.29) is 5.91 Å². The lowest BCUT2D eigenvalue weighted by molar-refractivity contribution is 0.0786. The van der Waals surface area contributed by atoms with Gasteiger partial charge in [-0.1, -0.05) is 60.7 Å². The van der Waals surface area contributed by atoms with Crippen LogP contribution in [0, 0.1) is 0 Å². The van der Waals surface area contributed by atoms with Crippen molar-refractivity contribution in [3.8, 4) is 22.5 Å². The first-order valence-electron chi connectivity index (χ1n) is 10.9. The highest BCUT2D eigenvalue weighted by atomic mass is 16.2. The summed E-state index contributed by atoms with van der Waals surface area (Å²) in [7, 11) is 1.81. The number of aryl methyl sites for hydroxylation is 1. The molecule has 0 saturated carbocycles. The molecule has 0 bridgehead atoms. The van der Waals surface area contributed by atoms with Gasteiger partial charge in [-0.05, 0) is 12.5 Å². The van der Waals surface area contributed by atoms with Gasteiger partial charge in [-0.15, -0.1) is 0 Å². The molecule has 0 N–H and O–H groups in total. The zero-order valence-corrected chi connectivity index (χ0v) is 18.4. The van der Waals surface area contributed by atoms with Crippen LogP contribution in [0.5, 0.6) is 0 Å². The summed E-state index contributed by atoms with van der Waals surface area (Å²) in [6, 6.07) is 23.9. The van der Waals surface area contributed by atoms with Crippen LogP contribution < -0.4 is 0 Å². The Hall–Kier alpha value is -4.26. The lowest BCUT2D eigenvalue weighted by Crippen LogP contribution is -2.28. The van der Waals surface area contributed by atoms with E-state index < -0.39 is 0 Å². The minimum Gasteiger partial charge on any atom is -0.340 e. The van der Waals surface area contributed by atoms with Crippen LogP contribution in [0.25, 0.3) is 28.2 Å². The summed E-state index contributed by atoms with van der Waals surface area (Å²) in [5.41, 5.74) is 4.79. The van der Waals surface area contributed by atoms with Gasteiger partial charge in [-0.2, -0.15) is 5.10 Å². The maximum Gasteiger partial charge on any atom is 0.274 e. The highest BCUT2D eigenvalue weighted by Crippen LogP contribution is 2.26. The van der Waals surface area contributed by atoms with E-state index in [0.717, 1.165) is 35.5 Å². The largest absolute Gasteiger partial charge is 0.340 e. The fourth-order valence-corrected chi connectivity index (χ4v) is 3.86. The summed E-state index contributed by atoms with van der Waals surface area (Å²) in [6.45, 7) is 1.43. The third-order valence-corrected chi connectivity index (χ3v) is 5.60. The number of benzene rings is 2. The minimum absolute atomic E-state index is 0.119. The Labute approximate surface area is 192 Å². The molecule has 0 unspecified atom stereocenters. The van der Waals surface area contributed by atoms with E-state index >= 15 is 0 Å². The molecule has 3 aromatic heterocycles. The molecule has 5 rings (SSSR count). The first-order chi connectivity index (χ1) is 16.2. The van der Waals surface area contributed by atoms with Crippen LogP contribution in [-0.2, 0) is 6.54 Å². The third-order valence-electron chi connectivity index (χ3n) is 5.60. The van der Waals surface area contributed by atoms with Crippen molar-refractivity contribution in [1.29, 1.82) is 0 Å². The Morgan fingerprint density at radius 3 is 2.39 bits per heavy atom. The number of aromatic nitrogens is 5. The van der Waals surface area contributed by atoms with Crippen LogP contribution in [0.2, 0.25) is 0 Å². The van der Waals surface area contributed by atoms with Crippen molar-refractivity contribution in [2.24, 2.45) is 0 Å². The Balaban J connectivity index is 1.47. The van der Waals surface area contributed by atoms with E-state index in [4.69, 9.17) is 4.98 Å². The summed E-state index contributed by atoms with van der Waals surface area (Å²) < 4.78 is 3.76. The molecule has 1 amide bonds. The number of hydrogen-bond donors (Lipinski definition) is 0. The second-order valence-electron chi connectivity index (χ2n) is 7.94. The van der Waals surface area contributed by atoms with Crippen molar-refractivity contribution in [2.75, 3.05) is 13.6 Å². The van der Waals surface area contributed by atoms with Gasteiger partial charge < -0.3 is 9.47 Å². The summed E-state index contributed by atoms with van der Waals surface area (Å²) in [5.74, 6) is -0.119. The molecule has 164 valence electrons. The second-order valence-corrected chi connectivity index (χ2v) is 7.94. The Bertz CT molecular complexity index is 1360. The highest BCUT2D eigenvalue weighted by Gasteiger charge is 2.19. The normalized spacial score (nSPS) is 11.1. The Kier molecular flexibility index (Phi) is 5.68. The SMILES string of the molecule is CN(CCCn1ccnc1)C(=O)c1cc2nc(-c3ccccc3)cc(-c3ccccc3)n2n1. The van der Waals surface area contributed by atoms with Crippen molar-refractivity contribution < 1.29 is 4.79 Å². The minimum atomic E-state index is -0.119. The monoisotopic (exact) mass is 436 g/mol. The maximum atomic E-state index is 13.1. The van der Waals surface area contributed by atoms with Gasteiger partial charge in [0.05, 0.1) is 17.7 Å². The number of fused-ring (bicyclic) bond motifs is 1. The van der Waals surface area contributed by atoms with E-state index in [1.807, 2.05) is 77.5 Å². The molecule has 7 heteroatoms. The molecule has 33 heavy (non-hydrogen) atoms. The first kappa shape index (κ1) is 20.6. The molecule has 0 fully saturated rings. The number of carbonyl (C=O) groups is 1. The summed E-state index contributed by atoms with van der Waals surface area (Å²) in [6.07, 6.45) is 6.29. The number of imidazole rings is 1. The van der Waals surface area contributed by atoms with Crippen molar-refractivity contribution in [2.45, 2.75) is 13.0 Å². The van der Waals surface area contributed by atoms with E-state index in [2.05, 4.69) is 10.1 Å². The van der Waals surface area contributed by atoms with E-state index in [1.165, 1.54) is 0 Å². The molecule has 0 radical (unpaired) electrons. The standard InChI is InChI=1S/C26H24N6O/c1-30(14-8-15-31-16-13-27-19-31)26(33)23-18-25-28-22(20-9-4-2-5-10-20)17-24(32(25)29-23)21-11-6-3-7-12-21/h2-7,9-13,16-19H,8,14-15H2,1H3. The molecule has 0 aliphatic heterocycles. The molecule has 0 spiro atoms. The number of nitrogens with zero attached hydrogens (tertiary/aromatic N) is 6. The molecular weight excluding hydrogens is 412 g/mol. The Morgan fingerprint density at radius 2 is 1.70 bits per heavy atom. The van der Waals surface area contributed by atoms with Gasteiger partial charge in [0.15, 0.2) is 11.3 Å². The van der Waals surface area contributed by atoms with Crippen molar-refractivity contribution in [3.05, 3.63) is 97.2 Å². The van der Waals surface area contributed by atoms with Crippen LogP contribution in [-0.4, -0.2) is 48.5 Å². The predicted octanol–water partition coefficient (Wildman–Crippen LogP) is 4.42. The quantitative estimate of drug-likeness (QED) is 0.379. The molecule has 5 aromatic rings. The van der Waals surface area contributed by atoms with Gasteiger partial charge in [0, 0.05) is 49.7 Å². The molecule has 0 saturated heterocycles. The second kappa shape index (κ2) is 9.08. The van der Waals surface area contributed by atoms with Crippen molar-refractivity contribution in [3.63, 3.8) is 0 Å². The van der Waals surface area contributed by atoms with Crippen LogP contribution in [0.1, 0.15) is 16.9 Å². The smallest absolute Gasteiger partial charge is 0.274 e. The first-order valence-corrected chi connectivity index (χ1v) is 10.9. The third kappa shape index (κ3) is 4.39. The van der Waals surface area contributed by atoms with Crippen molar-refractivity contribution in [1.82, 2.24) is 29.0 Å².